The number of rotatable bonds is 3. The van der Waals surface area contributed by atoms with E-state index < -0.39 is 0 Å². The fraction of sp³-hybridized carbons (Fsp3) is 0.750. The van der Waals surface area contributed by atoms with Gasteiger partial charge < -0.3 is 9.84 Å². The quantitative estimate of drug-likeness (QED) is 0.834. The predicted molar refractivity (Wildman–Crippen MR) is 67.2 cm³/mol. The summed E-state index contributed by atoms with van der Waals surface area (Å²) in [7, 11) is 0. The highest BCUT2D eigenvalue weighted by atomic mass is 16.5. The van der Waals surface area contributed by atoms with Crippen molar-refractivity contribution in [3.05, 3.63) is 11.7 Å². The summed E-state index contributed by atoms with van der Waals surface area (Å²) in [5, 5.41) is 8.96. The van der Waals surface area contributed by atoms with Crippen LogP contribution >= 0.6 is 0 Å². The number of aromatic nitrogens is 2. The normalized spacial score (nSPS) is 24.5. The fourth-order valence-electron chi connectivity index (χ4n) is 2.56. The van der Waals surface area contributed by atoms with E-state index in [9.17, 15) is 4.79 Å². The highest BCUT2D eigenvalue weighted by molar-refractivity contribution is 5.89. The van der Waals surface area contributed by atoms with Gasteiger partial charge in [-0.15, -0.1) is 0 Å². The van der Waals surface area contributed by atoms with Gasteiger partial charge in [-0.3, -0.25) is 10.2 Å². The molecule has 104 valence electrons. The van der Waals surface area contributed by atoms with Gasteiger partial charge in [0.2, 0.25) is 5.89 Å². The van der Waals surface area contributed by atoms with Gasteiger partial charge >= 0.3 is 5.91 Å². The number of hydrazine groups is 1. The van der Waals surface area contributed by atoms with Gasteiger partial charge in [-0.05, 0) is 32.2 Å². The summed E-state index contributed by atoms with van der Waals surface area (Å²) in [5.41, 5.74) is 2.83. The number of nitrogens with one attached hydrogen (secondary N) is 2. The van der Waals surface area contributed by atoms with Crippen LogP contribution in [0.5, 0.6) is 0 Å². The van der Waals surface area contributed by atoms with E-state index in [0.717, 1.165) is 45.3 Å². The van der Waals surface area contributed by atoms with E-state index in [1.165, 1.54) is 6.42 Å². The molecule has 2 aliphatic rings. The monoisotopic (exact) mass is 265 g/mol. The van der Waals surface area contributed by atoms with Gasteiger partial charge in [0.1, 0.15) is 0 Å². The van der Waals surface area contributed by atoms with Crippen molar-refractivity contribution in [2.75, 3.05) is 19.6 Å². The SMILES string of the molecule is O=C(NN1CCCCC1)c1noc(C2CCCN2)n1. The van der Waals surface area contributed by atoms with E-state index in [1.54, 1.807) is 0 Å². The smallest absolute Gasteiger partial charge is 0.306 e. The topological polar surface area (TPSA) is 83.3 Å². The van der Waals surface area contributed by atoms with Gasteiger partial charge in [0.15, 0.2) is 0 Å². The van der Waals surface area contributed by atoms with E-state index >= 15 is 0 Å². The molecule has 1 aromatic rings. The first kappa shape index (κ1) is 12.6. The molecule has 2 N–H and O–H groups in total. The second kappa shape index (κ2) is 5.66. The summed E-state index contributed by atoms with van der Waals surface area (Å²) in [4.78, 5) is 16.2. The Labute approximate surface area is 111 Å². The number of nitrogens with zero attached hydrogens (tertiary/aromatic N) is 3. The summed E-state index contributed by atoms with van der Waals surface area (Å²) in [5.74, 6) is 0.352. The van der Waals surface area contributed by atoms with Crippen molar-refractivity contribution in [2.45, 2.75) is 38.1 Å². The molecular formula is C12H19N5O2. The predicted octanol–water partition coefficient (Wildman–Crippen LogP) is 0.625. The molecule has 3 rings (SSSR count). The number of hydrogen-bond acceptors (Lipinski definition) is 6. The molecule has 0 radical (unpaired) electrons. The van der Waals surface area contributed by atoms with Gasteiger partial charge in [0.05, 0.1) is 6.04 Å². The average Bonchev–Trinajstić information content (AvgIpc) is 3.11. The molecule has 0 aromatic carbocycles. The number of carbonyl (C=O) groups is 1. The fourth-order valence-corrected chi connectivity index (χ4v) is 2.56. The molecule has 0 saturated carbocycles. The van der Waals surface area contributed by atoms with Crippen LogP contribution in [0, 0.1) is 0 Å². The molecular weight excluding hydrogens is 246 g/mol. The van der Waals surface area contributed by atoms with Crippen LogP contribution in [0.4, 0.5) is 0 Å². The molecule has 1 aromatic heterocycles. The standard InChI is InChI=1S/C12H19N5O2/c18-11(15-17-7-2-1-3-8-17)10-14-12(19-16-10)9-5-4-6-13-9/h9,13H,1-8H2,(H,15,18). The third kappa shape index (κ3) is 2.93. The number of hydrogen-bond donors (Lipinski definition) is 2. The second-order valence-electron chi connectivity index (χ2n) is 5.09. The van der Waals surface area contributed by atoms with Crippen molar-refractivity contribution in [1.29, 1.82) is 0 Å². The van der Waals surface area contributed by atoms with Crippen molar-refractivity contribution in [1.82, 2.24) is 25.9 Å². The zero-order chi connectivity index (χ0) is 13.1. The Balaban J connectivity index is 1.59. The van der Waals surface area contributed by atoms with Crippen LogP contribution in [-0.2, 0) is 0 Å². The lowest BCUT2D eigenvalue weighted by Crippen LogP contribution is -2.45. The van der Waals surface area contributed by atoms with E-state index in [4.69, 9.17) is 4.52 Å². The number of piperidine rings is 1. The lowest BCUT2D eigenvalue weighted by atomic mass is 10.2. The molecule has 2 aliphatic heterocycles. The molecule has 7 nitrogen and oxygen atoms in total. The van der Waals surface area contributed by atoms with E-state index in [0.29, 0.717) is 5.89 Å². The summed E-state index contributed by atoms with van der Waals surface area (Å²) in [6.45, 7) is 2.74. The zero-order valence-electron chi connectivity index (χ0n) is 10.9. The van der Waals surface area contributed by atoms with E-state index in [2.05, 4.69) is 20.9 Å². The third-order valence-corrected chi connectivity index (χ3v) is 3.62. The van der Waals surface area contributed by atoms with Gasteiger partial charge in [0.25, 0.3) is 5.82 Å². The molecule has 1 atom stereocenters. The Morgan fingerprint density at radius 2 is 2.16 bits per heavy atom. The van der Waals surface area contributed by atoms with Gasteiger partial charge in [-0.1, -0.05) is 11.6 Å². The Kier molecular flexibility index (Phi) is 3.74. The molecule has 0 bridgehead atoms. The number of carbonyl (C=O) groups excluding carboxylic acids is 1. The highest BCUT2D eigenvalue weighted by Gasteiger charge is 2.25. The average molecular weight is 265 g/mol. The Morgan fingerprint density at radius 1 is 1.32 bits per heavy atom. The molecule has 1 unspecified atom stereocenters. The summed E-state index contributed by atoms with van der Waals surface area (Å²) in [6, 6.07) is 0.101. The van der Waals surface area contributed by atoms with E-state index in [-0.39, 0.29) is 17.8 Å². The maximum absolute atomic E-state index is 12.0. The minimum Gasteiger partial charge on any atom is -0.337 e. The van der Waals surface area contributed by atoms with Crippen LogP contribution in [0.1, 0.15) is 54.7 Å². The van der Waals surface area contributed by atoms with Crippen LogP contribution < -0.4 is 10.7 Å². The highest BCUT2D eigenvalue weighted by Crippen LogP contribution is 2.21. The molecule has 3 heterocycles. The summed E-state index contributed by atoms with van der Waals surface area (Å²) < 4.78 is 5.16. The second-order valence-corrected chi connectivity index (χ2v) is 5.09. The Morgan fingerprint density at radius 3 is 2.89 bits per heavy atom. The molecule has 2 saturated heterocycles. The molecule has 0 spiro atoms. The zero-order valence-corrected chi connectivity index (χ0v) is 10.9. The van der Waals surface area contributed by atoms with Gasteiger partial charge in [0, 0.05) is 13.1 Å². The van der Waals surface area contributed by atoms with Crippen LogP contribution in [0.15, 0.2) is 4.52 Å². The number of amides is 1. The van der Waals surface area contributed by atoms with Gasteiger partial charge in [-0.2, -0.15) is 4.98 Å². The van der Waals surface area contributed by atoms with Crippen LogP contribution in [0.25, 0.3) is 0 Å². The Bertz CT molecular complexity index is 435. The first-order valence-corrected chi connectivity index (χ1v) is 6.96. The Hall–Kier alpha value is -1.47. The third-order valence-electron chi connectivity index (χ3n) is 3.62. The van der Waals surface area contributed by atoms with Crippen molar-refractivity contribution in [3.63, 3.8) is 0 Å². The largest absolute Gasteiger partial charge is 0.337 e. The van der Waals surface area contributed by atoms with Crippen LogP contribution in [0.3, 0.4) is 0 Å². The lowest BCUT2D eigenvalue weighted by Gasteiger charge is -2.25. The molecule has 2 fully saturated rings. The lowest BCUT2D eigenvalue weighted by molar-refractivity contribution is 0.0736. The first-order valence-electron chi connectivity index (χ1n) is 6.96. The van der Waals surface area contributed by atoms with Crippen molar-refractivity contribution in [3.8, 4) is 0 Å². The van der Waals surface area contributed by atoms with Gasteiger partial charge in [-0.25, -0.2) is 5.01 Å². The molecule has 1 amide bonds. The van der Waals surface area contributed by atoms with Crippen LogP contribution in [0.2, 0.25) is 0 Å². The minimum absolute atomic E-state index is 0.101. The van der Waals surface area contributed by atoms with Crippen LogP contribution in [-0.4, -0.2) is 40.7 Å². The van der Waals surface area contributed by atoms with E-state index in [1.807, 2.05) is 5.01 Å². The maximum atomic E-state index is 12.0. The minimum atomic E-state index is -0.283. The molecule has 7 heteroatoms. The van der Waals surface area contributed by atoms with Crippen molar-refractivity contribution < 1.29 is 9.32 Å². The summed E-state index contributed by atoms with van der Waals surface area (Å²) >= 11 is 0. The molecule has 0 aliphatic carbocycles. The molecule has 19 heavy (non-hydrogen) atoms. The maximum Gasteiger partial charge on any atom is 0.306 e. The van der Waals surface area contributed by atoms with Crippen molar-refractivity contribution >= 4 is 5.91 Å². The summed E-state index contributed by atoms with van der Waals surface area (Å²) in [6.07, 6.45) is 5.54. The van der Waals surface area contributed by atoms with Crippen molar-refractivity contribution in [2.24, 2.45) is 0 Å². The first-order chi connectivity index (χ1) is 9.33.